The Balaban J connectivity index is 2.10. The summed E-state index contributed by atoms with van der Waals surface area (Å²) < 4.78 is 0. The van der Waals surface area contributed by atoms with Crippen LogP contribution in [0.1, 0.15) is 43.2 Å². The van der Waals surface area contributed by atoms with Crippen LogP contribution >= 0.6 is 0 Å². The number of aryl methyl sites for hydroxylation is 1. The van der Waals surface area contributed by atoms with Gasteiger partial charge in [-0.25, -0.2) is 0 Å². The molecule has 0 saturated heterocycles. The molecule has 1 N–H and O–H groups in total. The number of amides is 1. The van der Waals surface area contributed by atoms with E-state index in [0.717, 1.165) is 36.8 Å². The molecule has 20 heavy (non-hydrogen) atoms. The number of aromatic nitrogens is 1. The normalized spacial score (nSPS) is 17.8. The fraction of sp³-hybridized carbons (Fsp3) is 0.625. The molecule has 0 aliphatic heterocycles. The molecule has 0 bridgehead atoms. The van der Waals surface area contributed by atoms with Gasteiger partial charge >= 0.3 is 0 Å². The molecule has 1 aromatic heterocycles. The predicted octanol–water partition coefficient (Wildman–Crippen LogP) is 2.27. The third kappa shape index (κ3) is 3.37. The molecule has 0 aromatic carbocycles. The first-order valence-corrected chi connectivity index (χ1v) is 7.41. The maximum Gasteiger partial charge on any atom is 0.242 e. The molecule has 1 aliphatic rings. The summed E-state index contributed by atoms with van der Waals surface area (Å²) in [6, 6.07) is 2.12. The number of carbonyl (C=O) groups is 1. The van der Waals surface area contributed by atoms with Gasteiger partial charge in [0, 0.05) is 33.0 Å². The zero-order chi connectivity index (χ0) is 14.6. The second-order valence-electron chi connectivity index (χ2n) is 6.07. The van der Waals surface area contributed by atoms with E-state index in [1.807, 2.05) is 33.4 Å². The number of carbonyl (C=O) groups excluding carboxylic acids is 1. The highest BCUT2D eigenvalue weighted by Crippen LogP contribution is 2.30. The summed E-state index contributed by atoms with van der Waals surface area (Å²) >= 11 is 0. The maximum absolute atomic E-state index is 12.6. The highest BCUT2D eigenvalue weighted by atomic mass is 16.2. The van der Waals surface area contributed by atoms with E-state index in [1.54, 1.807) is 4.90 Å². The molecule has 1 fully saturated rings. The molecule has 4 nitrogen and oxygen atoms in total. The quantitative estimate of drug-likeness (QED) is 0.917. The third-order valence-corrected chi connectivity index (χ3v) is 4.09. The van der Waals surface area contributed by atoms with Crippen LogP contribution in [0.25, 0.3) is 0 Å². The SMILES string of the molecule is Cc1cncc(CNC2(C(=O)N(C)C)CCCCC2)c1. The standard InChI is InChI=1S/C16H25N3O/c1-13-9-14(11-17-10-13)12-18-16(15(20)19(2)3)7-5-4-6-8-16/h9-11,18H,4-8,12H2,1-3H3. The molecule has 1 heterocycles. The van der Waals surface area contributed by atoms with Crippen LogP contribution in [-0.4, -0.2) is 35.4 Å². The second-order valence-corrected chi connectivity index (χ2v) is 6.07. The minimum absolute atomic E-state index is 0.206. The fourth-order valence-corrected chi connectivity index (χ4v) is 3.04. The molecule has 1 aliphatic carbocycles. The van der Waals surface area contributed by atoms with Gasteiger partial charge in [0.05, 0.1) is 5.54 Å². The van der Waals surface area contributed by atoms with Crippen LogP contribution in [0.5, 0.6) is 0 Å². The molecular formula is C16H25N3O. The lowest BCUT2D eigenvalue weighted by Gasteiger charge is -2.38. The first-order valence-electron chi connectivity index (χ1n) is 7.41. The Morgan fingerprint density at radius 1 is 1.30 bits per heavy atom. The van der Waals surface area contributed by atoms with Gasteiger partial charge in [0.25, 0.3) is 0 Å². The highest BCUT2D eigenvalue weighted by Gasteiger charge is 2.39. The minimum Gasteiger partial charge on any atom is -0.347 e. The molecule has 110 valence electrons. The number of likely N-dealkylation sites (N-methyl/N-ethyl adjacent to an activating group) is 1. The molecule has 0 atom stereocenters. The van der Waals surface area contributed by atoms with E-state index in [9.17, 15) is 4.79 Å². The lowest BCUT2D eigenvalue weighted by Crippen LogP contribution is -2.57. The van der Waals surface area contributed by atoms with Crippen LogP contribution in [0.4, 0.5) is 0 Å². The summed E-state index contributed by atoms with van der Waals surface area (Å²) in [6.45, 7) is 2.74. The summed E-state index contributed by atoms with van der Waals surface area (Å²) in [5.74, 6) is 0.206. The summed E-state index contributed by atoms with van der Waals surface area (Å²) in [5, 5.41) is 3.53. The monoisotopic (exact) mass is 275 g/mol. The first kappa shape index (κ1) is 15.0. The first-order chi connectivity index (χ1) is 9.53. The van der Waals surface area contributed by atoms with Crippen molar-refractivity contribution in [1.29, 1.82) is 0 Å². The van der Waals surface area contributed by atoms with Gasteiger partial charge in [-0.15, -0.1) is 0 Å². The third-order valence-electron chi connectivity index (χ3n) is 4.09. The molecule has 1 amide bonds. The predicted molar refractivity (Wildman–Crippen MR) is 80.3 cm³/mol. The lowest BCUT2D eigenvalue weighted by molar-refractivity contribution is -0.137. The summed E-state index contributed by atoms with van der Waals surface area (Å²) in [7, 11) is 3.68. The van der Waals surface area contributed by atoms with E-state index >= 15 is 0 Å². The van der Waals surface area contributed by atoms with Crippen molar-refractivity contribution in [1.82, 2.24) is 15.2 Å². The van der Waals surface area contributed by atoms with Gasteiger partial charge in [0.15, 0.2) is 0 Å². The summed E-state index contributed by atoms with van der Waals surface area (Å²) in [4.78, 5) is 18.5. The number of nitrogens with one attached hydrogen (secondary N) is 1. The van der Waals surface area contributed by atoms with Crippen LogP contribution in [0, 0.1) is 6.92 Å². The molecule has 2 rings (SSSR count). The van der Waals surface area contributed by atoms with Crippen LogP contribution in [0.15, 0.2) is 18.5 Å². The van der Waals surface area contributed by atoms with Crippen molar-refractivity contribution in [2.45, 2.75) is 51.1 Å². The van der Waals surface area contributed by atoms with Gasteiger partial charge < -0.3 is 4.90 Å². The number of nitrogens with zero attached hydrogens (tertiary/aromatic N) is 2. The molecular weight excluding hydrogens is 250 g/mol. The Bertz CT molecular complexity index is 465. The van der Waals surface area contributed by atoms with E-state index in [-0.39, 0.29) is 11.4 Å². The Morgan fingerprint density at radius 3 is 2.60 bits per heavy atom. The van der Waals surface area contributed by atoms with Crippen molar-refractivity contribution in [2.75, 3.05) is 14.1 Å². The summed E-state index contributed by atoms with van der Waals surface area (Å²) in [5.41, 5.74) is 1.91. The maximum atomic E-state index is 12.6. The summed E-state index contributed by atoms with van der Waals surface area (Å²) in [6.07, 6.45) is 9.07. The smallest absolute Gasteiger partial charge is 0.242 e. The largest absolute Gasteiger partial charge is 0.347 e. The lowest BCUT2D eigenvalue weighted by atomic mass is 9.80. The van der Waals surface area contributed by atoms with Crippen molar-refractivity contribution in [2.24, 2.45) is 0 Å². The van der Waals surface area contributed by atoms with E-state index in [0.29, 0.717) is 6.54 Å². The minimum atomic E-state index is -0.383. The van der Waals surface area contributed by atoms with E-state index < -0.39 is 0 Å². The van der Waals surface area contributed by atoms with Gasteiger partial charge in [-0.3, -0.25) is 15.1 Å². The average Bonchev–Trinajstić information content (AvgIpc) is 2.45. The zero-order valence-corrected chi connectivity index (χ0v) is 12.8. The van der Waals surface area contributed by atoms with Gasteiger partial charge in [0.1, 0.15) is 0 Å². The zero-order valence-electron chi connectivity index (χ0n) is 12.8. The topological polar surface area (TPSA) is 45.2 Å². The molecule has 1 aromatic rings. The number of hydrogen-bond donors (Lipinski definition) is 1. The van der Waals surface area contributed by atoms with Crippen LogP contribution in [0.2, 0.25) is 0 Å². The van der Waals surface area contributed by atoms with E-state index in [1.165, 1.54) is 6.42 Å². The highest BCUT2D eigenvalue weighted by molar-refractivity contribution is 5.86. The second kappa shape index (κ2) is 6.35. The Labute approximate surface area is 121 Å². The Hall–Kier alpha value is -1.42. The van der Waals surface area contributed by atoms with Gasteiger partial charge in [-0.1, -0.05) is 25.3 Å². The molecule has 0 radical (unpaired) electrons. The van der Waals surface area contributed by atoms with Gasteiger partial charge in [-0.05, 0) is 30.9 Å². The van der Waals surface area contributed by atoms with Crippen LogP contribution < -0.4 is 5.32 Å². The molecule has 4 heteroatoms. The van der Waals surface area contributed by atoms with Crippen molar-refractivity contribution in [3.63, 3.8) is 0 Å². The van der Waals surface area contributed by atoms with Gasteiger partial charge in [-0.2, -0.15) is 0 Å². The Kier molecular flexibility index (Phi) is 4.76. The van der Waals surface area contributed by atoms with E-state index in [2.05, 4.69) is 16.4 Å². The van der Waals surface area contributed by atoms with Crippen molar-refractivity contribution in [3.8, 4) is 0 Å². The Morgan fingerprint density at radius 2 is 2.00 bits per heavy atom. The number of hydrogen-bond acceptors (Lipinski definition) is 3. The van der Waals surface area contributed by atoms with E-state index in [4.69, 9.17) is 0 Å². The molecule has 0 unspecified atom stereocenters. The van der Waals surface area contributed by atoms with Crippen molar-refractivity contribution in [3.05, 3.63) is 29.6 Å². The number of pyridine rings is 1. The van der Waals surface area contributed by atoms with Gasteiger partial charge in [0.2, 0.25) is 5.91 Å². The number of rotatable bonds is 4. The molecule has 0 spiro atoms. The average molecular weight is 275 g/mol. The van der Waals surface area contributed by atoms with Crippen LogP contribution in [0.3, 0.4) is 0 Å². The van der Waals surface area contributed by atoms with Crippen molar-refractivity contribution < 1.29 is 4.79 Å². The molecule has 1 saturated carbocycles. The van der Waals surface area contributed by atoms with Crippen LogP contribution in [-0.2, 0) is 11.3 Å². The van der Waals surface area contributed by atoms with Crippen molar-refractivity contribution >= 4 is 5.91 Å². The fourth-order valence-electron chi connectivity index (χ4n) is 3.04.